The minimum atomic E-state index is -0.704. The molecular weight excluding hydrogens is 355 g/mol. The quantitative estimate of drug-likeness (QED) is 0.476. The number of halogens is 2. The maximum atomic E-state index is 11.3. The molecule has 24 heavy (non-hydrogen) atoms. The average Bonchev–Trinajstić information content (AvgIpc) is 2.40. The van der Waals surface area contributed by atoms with Gasteiger partial charge in [-0.2, -0.15) is 0 Å². The van der Waals surface area contributed by atoms with Crippen LogP contribution in [0.3, 0.4) is 0 Å². The standard InChI is InChI=1S/C9H9Cl2N3O.C6H13NO2/c10-6-2-1-3-7(11)5(6)4-8(15)14-9(12)13;1-6(2,3)4-9-5(7)8/h1-3H,4H2,(H4,12,13,14,15);4H2,1-3H3,(H2,7,8). The Balaban J connectivity index is 0.000000506. The van der Waals surface area contributed by atoms with Crippen LogP contribution in [0.15, 0.2) is 18.2 Å². The van der Waals surface area contributed by atoms with E-state index in [1.54, 1.807) is 18.2 Å². The molecule has 1 rings (SSSR count). The minimum absolute atomic E-state index is 0.00190. The van der Waals surface area contributed by atoms with Gasteiger partial charge in [0, 0.05) is 10.0 Å². The first-order chi connectivity index (χ1) is 10.9. The van der Waals surface area contributed by atoms with Gasteiger partial charge in [-0.15, -0.1) is 0 Å². The highest BCUT2D eigenvalue weighted by molar-refractivity contribution is 6.36. The third kappa shape index (κ3) is 10.7. The van der Waals surface area contributed by atoms with Gasteiger partial charge in [0.05, 0.1) is 13.0 Å². The Morgan fingerprint density at radius 1 is 1.21 bits per heavy atom. The van der Waals surface area contributed by atoms with Crippen molar-refractivity contribution in [1.29, 1.82) is 5.41 Å². The van der Waals surface area contributed by atoms with Gasteiger partial charge in [-0.25, -0.2) is 4.79 Å². The summed E-state index contributed by atoms with van der Waals surface area (Å²) in [4.78, 5) is 21.3. The summed E-state index contributed by atoms with van der Waals surface area (Å²) >= 11 is 11.7. The number of nitrogens with one attached hydrogen (secondary N) is 2. The third-order valence-corrected chi connectivity index (χ3v) is 3.03. The van der Waals surface area contributed by atoms with E-state index in [1.807, 2.05) is 20.8 Å². The molecule has 0 atom stereocenters. The number of amides is 2. The Kier molecular flexibility index (Phi) is 9.17. The van der Waals surface area contributed by atoms with E-state index in [0.29, 0.717) is 22.2 Å². The molecule has 9 heteroatoms. The van der Waals surface area contributed by atoms with Gasteiger partial charge < -0.3 is 16.2 Å². The van der Waals surface area contributed by atoms with E-state index in [-0.39, 0.29) is 11.8 Å². The highest BCUT2D eigenvalue weighted by Gasteiger charge is 2.11. The van der Waals surface area contributed by atoms with Crippen molar-refractivity contribution in [2.45, 2.75) is 27.2 Å². The molecule has 0 heterocycles. The molecule has 6 N–H and O–H groups in total. The molecule has 2 amide bonds. The normalized spacial score (nSPS) is 10.2. The lowest BCUT2D eigenvalue weighted by atomic mass is 9.99. The Morgan fingerprint density at radius 2 is 1.71 bits per heavy atom. The molecule has 0 saturated carbocycles. The van der Waals surface area contributed by atoms with Crippen molar-refractivity contribution in [2.75, 3.05) is 6.61 Å². The Morgan fingerprint density at radius 3 is 2.04 bits per heavy atom. The van der Waals surface area contributed by atoms with Crippen LogP contribution in [0.25, 0.3) is 0 Å². The number of benzene rings is 1. The predicted octanol–water partition coefficient (Wildman–Crippen LogP) is 2.67. The molecule has 1 aromatic carbocycles. The van der Waals surface area contributed by atoms with Gasteiger partial charge in [0.2, 0.25) is 5.91 Å². The molecule has 0 aliphatic carbocycles. The van der Waals surface area contributed by atoms with Crippen molar-refractivity contribution in [3.63, 3.8) is 0 Å². The molecule has 1 aromatic rings. The molecule has 0 bridgehead atoms. The monoisotopic (exact) mass is 376 g/mol. The van der Waals surface area contributed by atoms with Crippen molar-refractivity contribution in [1.82, 2.24) is 5.32 Å². The fourth-order valence-electron chi connectivity index (χ4n) is 1.34. The molecular formula is C15H22Cl2N4O3. The van der Waals surface area contributed by atoms with Gasteiger partial charge in [0.1, 0.15) is 0 Å². The van der Waals surface area contributed by atoms with Crippen molar-refractivity contribution in [2.24, 2.45) is 16.9 Å². The molecule has 0 spiro atoms. The van der Waals surface area contributed by atoms with Crippen LogP contribution in [0.1, 0.15) is 26.3 Å². The number of primary amides is 1. The molecule has 0 fully saturated rings. The summed E-state index contributed by atoms with van der Waals surface area (Å²) in [7, 11) is 0. The molecule has 134 valence electrons. The second-order valence-corrected chi connectivity index (χ2v) is 6.82. The summed E-state index contributed by atoms with van der Waals surface area (Å²) in [6, 6.07) is 4.98. The van der Waals surface area contributed by atoms with Gasteiger partial charge in [0.25, 0.3) is 0 Å². The molecule has 0 radical (unpaired) electrons. The summed E-state index contributed by atoms with van der Waals surface area (Å²) < 4.78 is 4.55. The number of hydrogen-bond acceptors (Lipinski definition) is 4. The van der Waals surface area contributed by atoms with E-state index < -0.39 is 18.0 Å². The molecule has 0 aliphatic heterocycles. The van der Waals surface area contributed by atoms with Crippen LogP contribution in [-0.4, -0.2) is 24.6 Å². The SMILES string of the molecule is CC(C)(C)COC(N)=O.N=C(N)NC(=O)Cc1c(Cl)cccc1Cl. The molecule has 7 nitrogen and oxygen atoms in total. The van der Waals surface area contributed by atoms with Crippen molar-refractivity contribution < 1.29 is 14.3 Å². The maximum absolute atomic E-state index is 11.3. The zero-order valence-electron chi connectivity index (χ0n) is 13.8. The smallest absolute Gasteiger partial charge is 0.404 e. The zero-order valence-corrected chi connectivity index (χ0v) is 15.3. The second kappa shape index (κ2) is 10.00. The summed E-state index contributed by atoms with van der Waals surface area (Å²) in [6.07, 6.45) is -0.706. The number of carbonyl (C=O) groups excluding carboxylic acids is 2. The second-order valence-electron chi connectivity index (χ2n) is 6.01. The lowest BCUT2D eigenvalue weighted by Gasteiger charge is -2.16. The fraction of sp³-hybridized carbons (Fsp3) is 0.400. The van der Waals surface area contributed by atoms with Gasteiger partial charge >= 0.3 is 6.09 Å². The minimum Gasteiger partial charge on any atom is -0.449 e. The van der Waals surface area contributed by atoms with Gasteiger partial charge in [-0.05, 0) is 23.1 Å². The van der Waals surface area contributed by atoms with Crippen LogP contribution in [0.4, 0.5) is 4.79 Å². The first-order valence-corrected chi connectivity index (χ1v) is 7.67. The summed E-state index contributed by atoms with van der Waals surface area (Å²) in [6.45, 7) is 6.28. The highest BCUT2D eigenvalue weighted by atomic mass is 35.5. The number of rotatable bonds is 3. The topological polar surface area (TPSA) is 131 Å². The van der Waals surface area contributed by atoms with E-state index >= 15 is 0 Å². The van der Waals surface area contributed by atoms with E-state index in [9.17, 15) is 9.59 Å². The Hall–Kier alpha value is -1.99. The Bertz CT molecular complexity index is 581. The predicted molar refractivity (Wildman–Crippen MR) is 95.2 cm³/mol. The van der Waals surface area contributed by atoms with Crippen molar-refractivity contribution in [3.05, 3.63) is 33.8 Å². The Labute approximate surface area is 151 Å². The summed E-state index contributed by atoms with van der Waals surface area (Å²) in [5, 5.41) is 9.86. The van der Waals surface area contributed by atoms with Crippen LogP contribution in [0, 0.1) is 10.8 Å². The zero-order chi connectivity index (χ0) is 18.9. The number of hydrogen-bond donors (Lipinski definition) is 4. The maximum Gasteiger partial charge on any atom is 0.404 e. The van der Waals surface area contributed by atoms with E-state index in [2.05, 4.69) is 10.1 Å². The van der Waals surface area contributed by atoms with Crippen LogP contribution in [-0.2, 0) is 16.0 Å². The van der Waals surface area contributed by atoms with Gasteiger partial charge in [-0.3, -0.25) is 15.5 Å². The van der Waals surface area contributed by atoms with Crippen molar-refractivity contribution in [3.8, 4) is 0 Å². The molecule has 0 aromatic heterocycles. The molecule has 0 saturated heterocycles. The molecule has 0 aliphatic rings. The van der Waals surface area contributed by atoms with Crippen LogP contribution in [0.5, 0.6) is 0 Å². The number of guanidine groups is 1. The lowest BCUT2D eigenvalue weighted by Crippen LogP contribution is -2.36. The van der Waals surface area contributed by atoms with Crippen LogP contribution < -0.4 is 16.8 Å². The molecule has 0 unspecified atom stereocenters. The lowest BCUT2D eigenvalue weighted by molar-refractivity contribution is -0.119. The summed E-state index contributed by atoms with van der Waals surface area (Å²) in [5.41, 5.74) is 10.3. The number of nitrogens with two attached hydrogens (primary N) is 2. The average molecular weight is 377 g/mol. The van der Waals surface area contributed by atoms with E-state index in [1.165, 1.54) is 0 Å². The van der Waals surface area contributed by atoms with E-state index in [0.717, 1.165) is 0 Å². The van der Waals surface area contributed by atoms with Gasteiger partial charge in [-0.1, -0.05) is 50.0 Å². The largest absolute Gasteiger partial charge is 0.449 e. The number of ether oxygens (including phenoxy) is 1. The fourth-order valence-corrected chi connectivity index (χ4v) is 1.87. The van der Waals surface area contributed by atoms with Crippen molar-refractivity contribution >= 4 is 41.2 Å². The third-order valence-electron chi connectivity index (χ3n) is 2.32. The van der Waals surface area contributed by atoms with Crippen LogP contribution >= 0.6 is 23.2 Å². The summed E-state index contributed by atoms with van der Waals surface area (Å²) in [5.74, 6) is -0.819. The highest BCUT2D eigenvalue weighted by Crippen LogP contribution is 2.24. The first-order valence-electron chi connectivity index (χ1n) is 6.91. The number of carbonyl (C=O) groups is 2. The first kappa shape index (κ1) is 22.0. The van der Waals surface area contributed by atoms with E-state index in [4.69, 9.17) is 40.1 Å². The van der Waals surface area contributed by atoms with Crippen LogP contribution in [0.2, 0.25) is 10.0 Å². The van der Waals surface area contributed by atoms with Gasteiger partial charge in [0.15, 0.2) is 5.96 Å².